The van der Waals surface area contributed by atoms with Crippen molar-refractivity contribution in [3.05, 3.63) is 39.3 Å². The SMILES string of the molecule is Cc1cc(N)cc(C)c1C#CCCN=[N+]=[N-]. The van der Waals surface area contributed by atoms with Crippen molar-refractivity contribution >= 4 is 5.69 Å². The lowest BCUT2D eigenvalue weighted by Crippen LogP contribution is -1.92. The molecule has 1 aromatic carbocycles. The van der Waals surface area contributed by atoms with Crippen LogP contribution in [0.5, 0.6) is 0 Å². The van der Waals surface area contributed by atoms with Gasteiger partial charge in [-0.2, -0.15) is 0 Å². The van der Waals surface area contributed by atoms with Crippen LogP contribution in [0, 0.1) is 25.7 Å². The summed E-state index contributed by atoms with van der Waals surface area (Å²) < 4.78 is 0. The molecule has 4 nitrogen and oxygen atoms in total. The summed E-state index contributed by atoms with van der Waals surface area (Å²) in [7, 11) is 0. The molecule has 2 N–H and O–H groups in total. The van der Waals surface area contributed by atoms with Crippen LogP contribution in [0.15, 0.2) is 17.2 Å². The van der Waals surface area contributed by atoms with E-state index in [1.54, 1.807) is 0 Å². The second-order valence-electron chi connectivity index (χ2n) is 3.54. The van der Waals surface area contributed by atoms with Gasteiger partial charge in [0.25, 0.3) is 0 Å². The van der Waals surface area contributed by atoms with Crippen LogP contribution in [0.1, 0.15) is 23.1 Å². The molecule has 0 aromatic heterocycles. The Morgan fingerprint density at radius 1 is 1.38 bits per heavy atom. The van der Waals surface area contributed by atoms with Crippen molar-refractivity contribution in [3.63, 3.8) is 0 Å². The molecular formula is C12H14N4. The van der Waals surface area contributed by atoms with Crippen molar-refractivity contribution in [2.75, 3.05) is 12.3 Å². The van der Waals surface area contributed by atoms with Gasteiger partial charge in [-0.3, -0.25) is 0 Å². The molecule has 0 aliphatic rings. The Hall–Kier alpha value is -2.11. The van der Waals surface area contributed by atoms with Gasteiger partial charge in [-0.05, 0) is 42.6 Å². The quantitative estimate of drug-likeness (QED) is 0.202. The van der Waals surface area contributed by atoms with Gasteiger partial charge in [-0.1, -0.05) is 17.0 Å². The Labute approximate surface area is 95.1 Å². The first-order valence-corrected chi connectivity index (χ1v) is 5.01. The fourth-order valence-electron chi connectivity index (χ4n) is 1.50. The first-order chi connectivity index (χ1) is 7.65. The standard InChI is InChI=1S/C12H14N4/c1-9-7-11(13)8-10(2)12(9)5-3-4-6-15-16-14/h7-8H,4,6,13H2,1-2H3. The number of hydrogen-bond acceptors (Lipinski definition) is 2. The largest absolute Gasteiger partial charge is 0.399 e. The summed E-state index contributed by atoms with van der Waals surface area (Å²) in [6, 6.07) is 3.81. The highest BCUT2D eigenvalue weighted by Gasteiger charge is 2.00. The minimum Gasteiger partial charge on any atom is -0.399 e. The maximum absolute atomic E-state index is 8.10. The predicted molar refractivity (Wildman–Crippen MR) is 65.8 cm³/mol. The van der Waals surface area contributed by atoms with Gasteiger partial charge in [0.15, 0.2) is 0 Å². The maximum atomic E-state index is 8.10. The number of hydrogen-bond donors (Lipinski definition) is 1. The van der Waals surface area contributed by atoms with E-state index in [1.807, 2.05) is 26.0 Å². The number of nitrogens with two attached hydrogens (primary N) is 1. The summed E-state index contributed by atoms with van der Waals surface area (Å²) in [4.78, 5) is 2.67. The van der Waals surface area contributed by atoms with Gasteiger partial charge in [0.05, 0.1) is 0 Å². The predicted octanol–water partition coefficient (Wildman–Crippen LogP) is 2.94. The molecule has 0 heterocycles. The summed E-state index contributed by atoms with van der Waals surface area (Å²) >= 11 is 0. The molecule has 0 saturated carbocycles. The molecule has 16 heavy (non-hydrogen) atoms. The zero-order valence-corrected chi connectivity index (χ0v) is 9.49. The van der Waals surface area contributed by atoms with Gasteiger partial charge < -0.3 is 5.73 Å². The van der Waals surface area contributed by atoms with Crippen LogP contribution in [0.25, 0.3) is 10.4 Å². The second-order valence-corrected chi connectivity index (χ2v) is 3.54. The number of rotatable bonds is 2. The Bertz CT molecular complexity index is 464. The smallest absolute Gasteiger partial charge is 0.0367 e. The molecule has 0 radical (unpaired) electrons. The van der Waals surface area contributed by atoms with Crippen LogP contribution in [0.4, 0.5) is 5.69 Å². The van der Waals surface area contributed by atoms with E-state index in [0.717, 1.165) is 22.4 Å². The summed E-state index contributed by atoms with van der Waals surface area (Å²) in [5, 5.41) is 3.42. The fraction of sp³-hybridized carbons (Fsp3) is 0.333. The number of benzene rings is 1. The Balaban J connectivity index is 2.84. The molecule has 0 bridgehead atoms. The lowest BCUT2D eigenvalue weighted by atomic mass is 10.0. The average Bonchev–Trinajstić information content (AvgIpc) is 2.20. The first kappa shape index (κ1) is 12.0. The summed E-state index contributed by atoms with van der Waals surface area (Å²) in [5.41, 5.74) is 17.7. The third-order valence-corrected chi connectivity index (χ3v) is 2.17. The van der Waals surface area contributed by atoms with E-state index in [2.05, 4.69) is 21.9 Å². The van der Waals surface area contributed by atoms with Crippen LogP contribution in [-0.4, -0.2) is 6.54 Å². The minimum absolute atomic E-state index is 0.413. The van der Waals surface area contributed by atoms with Gasteiger partial charge in [0.1, 0.15) is 0 Å². The van der Waals surface area contributed by atoms with Crippen molar-refractivity contribution in [3.8, 4) is 11.8 Å². The summed E-state index contributed by atoms with van der Waals surface area (Å²) in [6.07, 6.45) is 0.577. The van der Waals surface area contributed by atoms with Crippen LogP contribution in [-0.2, 0) is 0 Å². The highest BCUT2D eigenvalue weighted by Crippen LogP contribution is 2.16. The molecule has 1 rings (SSSR count). The lowest BCUT2D eigenvalue weighted by Gasteiger charge is -2.04. The number of azide groups is 1. The van der Waals surface area contributed by atoms with Crippen molar-refractivity contribution in [1.82, 2.24) is 0 Å². The van der Waals surface area contributed by atoms with Crippen molar-refractivity contribution < 1.29 is 0 Å². The monoisotopic (exact) mass is 214 g/mol. The first-order valence-electron chi connectivity index (χ1n) is 5.01. The Kier molecular flexibility index (Phi) is 4.26. The maximum Gasteiger partial charge on any atom is 0.0367 e. The van der Waals surface area contributed by atoms with E-state index in [-0.39, 0.29) is 0 Å². The van der Waals surface area contributed by atoms with Crippen LogP contribution in [0.2, 0.25) is 0 Å². The van der Waals surface area contributed by atoms with Crippen LogP contribution in [0.3, 0.4) is 0 Å². The van der Waals surface area contributed by atoms with Gasteiger partial charge in [-0.25, -0.2) is 0 Å². The molecule has 0 amide bonds. The summed E-state index contributed by atoms with van der Waals surface area (Å²) in [5.74, 6) is 6.06. The molecule has 0 fully saturated rings. The molecule has 0 aliphatic heterocycles. The zero-order chi connectivity index (χ0) is 12.0. The van der Waals surface area contributed by atoms with E-state index >= 15 is 0 Å². The molecule has 0 spiro atoms. The fourth-order valence-corrected chi connectivity index (χ4v) is 1.50. The van der Waals surface area contributed by atoms with Crippen LogP contribution >= 0.6 is 0 Å². The molecule has 1 aromatic rings. The van der Waals surface area contributed by atoms with Crippen molar-refractivity contribution in [2.24, 2.45) is 5.11 Å². The highest BCUT2D eigenvalue weighted by atomic mass is 15.1. The third kappa shape index (κ3) is 3.23. The normalized spacial score (nSPS) is 8.88. The minimum atomic E-state index is 0.413. The van der Waals surface area contributed by atoms with Gasteiger partial charge in [0, 0.05) is 29.1 Å². The van der Waals surface area contributed by atoms with Gasteiger partial charge in [-0.15, -0.1) is 0 Å². The second kappa shape index (κ2) is 5.69. The number of anilines is 1. The molecule has 82 valence electrons. The number of nitrogen functional groups attached to an aromatic ring is 1. The molecule has 0 unspecified atom stereocenters. The van der Waals surface area contributed by atoms with E-state index in [4.69, 9.17) is 11.3 Å². The zero-order valence-electron chi connectivity index (χ0n) is 9.49. The summed E-state index contributed by atoms with van der Waals surface area (Å²) in [6.45, 7) is 4.39. The van der Waals surface area contributed by atoms with Crippen molar-refractivity contribution in [1.29, 1.82) is 0 Å². The molecule has 0 atom stereocenters. The highest BCUT2D eigenvalue weighted by molar-refractivity contribution is 5.54. The number of nitrogens with zero attached hydrogens (tertiary/aromatic N) is 3. The lowest BCUT2D eigenvalue weighted by molar-refractivity contribution is 1.01. The third-order valence-electron chi connectivity index (χ3n) is 2.17. The van der Waals surface area contributed by atoms with E-state index < -0.39 is 0 Å². The number of aryl methyl sites for hydroxylation is 2. The molecule has 0 saturated heterocycles. The molecule has 0 aliphatic carbocycles. The topological polar surface area (TPSA) is 74.8 Å². The average molecular weight is 214 g/mol. The van der Waals surface area contributed by atoms with Gasteiger partial charge >= 0.3 is 0 Å². The van der Waals surface area contributed by atoms with E-state index in [1.165, 1.54) is 0 Å². The van der Waals surface area contributed by atoms with Crippen LogP contribution < -0.4 is 5.73 Å². The Morgan fingerprint density at radius 3 is 2.56 bits per heavy atom. The molecule has 4 heteroatoms. The molecular weight excluding hydrogens is 200 g/mol. The Morgan fingerprint density at radius 2 is 2.00 bits per heavy atom. The van der Waals surface area contributed by atoms with Crippen molar-refractivity contribution in [2.45, 2.75) is 20.3 Å². The van der Waals surface area contributed by atoms with E-state index in [9.17, 15) is 0 Å². The van der Waals surface area contributed by atoms with E-state index in [0.29, 0.717) is 13.0 Å². The van der Waals surface area contributed by atoms with Gasteiger partial charge in [0.2, 0.25) is 0 Å².